The number of nitrogens with two attached hydrogens (primary N) is 1. The number of hydrogen-bond donors (Lipinski definition) is 3. The summed E-state index contributed by atoms with van der Waals surface area (Å²) in [5.41, 5.74) is 5.80. The zero-order valence-electron chi connectivity index (χ0n) is 11.3. The molecule has 0 spiro atoms. The summed E-state index contributed by atoms with van der Waals surface area (Å²) in [7, 11) is 0. The highest BCUT2D eigenvalue weighted by Gasteiger charge is 2.05. The molecule has 2 rings (SSSR count). The van der Waals surface area contributed by atoms with E-state index in [9.17, 15) is 0 Å². The summed E-state index contributed by atoms with van der Waals surface area (Å²) < 4.78 is 0. The van der Waals surface area contributed by atoms with Crippen LogP contribution in [0.4, 0.5) is 17.3 Å². The van der Waals surface area contributed by atoms with Gasteiger partial charge in [0.25, 0.3) is 0 Å². The summed E-state index contributed by atoms with van der Waals surface area (Å²) in [5.74, 6) is 6.78. The third-order valence-electron chi connectivity index (χ3n) is 2.98. The van der Waals surface area contributed by atoms with E-state index in [4.69, 9.17) is 5.84 Å². The van der Waals surface area contributed by atoms with Crippen molar-refractivity contribution in [3.8, 4) is 0 Å². The SMILES string of the molecule is CCCc1ccc(Nc2ncnc(NN)c2C)cc1. The van der Waals surface area contributed by atoms with Crippen LogP contribution in [0.5, 0.6) is 0 Å². The minimum Gasteiger partial charge on any atom is -0.340 e. The van der Waals surface area contributed by atoms with Crippen LogP contribution in [0.2, 0.25) is 0 Å². The van der Waals surface area contributed by atoms with Gasteiger partial charge in [0, 0.05) is 11.3 Å². The van der Waals surface area contributed by atoms with Crippen molar-refractivity contribution in [2.24, 2.45) is 5.84 Å². The number of hydrogen-bond acceptors (Lipinski definition) is 5. The van der Waals surface area contributed by atoms with Crippen molar-refractivity contribution in [3.05, 3.63) is 41.7 Å². The number of aryl methyl sites for hydroxylation is 1. The van der Waals surface area contributed by atoms with E-state index in [2.05, 4.69) is 51.9 Å². The van der Waals surface area contributed by atoms with Crippen LogP contribution in [0, 0.1) is 6.92 Å². The lowest BCUT2D eigenvalue weighted by atomic mass is 10.1. The van der Waals surface area contributed by atoms with E-state index in [-0.39, 0.29) is 0 Å². The van der Waals surface area contributed by atoms with Crippen molar-refractivity contribution < 1.29 is 0 Å². The third-order valence-corrected chi connectivity index (χ3v) is 2.98. The molecule has 100 valence electrons. The van der Waals surface area contributed by atoms with Gasteiger partial charge in [0.15, 0.2) is 0 Å². The van der Waals surface area contributed by atoms with Crippen LogP contribution in [0.3, 0.4) is 0 Å². The molecule has 1 heterocycles. The number of anilines is 3. The molecule has 2 aromatic rings. The standard InChI is InChI=1S/C14H19N5/c1-3-4-11-5-7-12(8-6-11)18-13-10(2)14(19-15)17-9-16-13/h5-9H,3-4,15H2,1-2H3,(H2,16,17,18,19). The lowest BCUT2D eigenvalue weighted by Gasteiger charge is -2.11. The Balaban J connectivity index is 2.16. The number of nitrogens with one attached hydrogen (secondary N) is 2. The van der Waals surface area contributed by atoms with Gasteiger partial charge >= 0.3 is 0 Å². The molecule has 0 unspecified atom stereocenters. The maximum absolute atomic E-state index is 5.40. The maximum atomic E-state index is 5.40. The second-order valence-corrected chi connectivity index (χ2v) is 4.41. The number of benzene rings is 1. The van der Waals surface area contributed by atoms with E-state index in [1.54, 1.807) is 0 Å². The molecule has 0 saturated carbocycles. The molecule has 0 fully saturated rings. The predicted molar refractivity (Wildman–Crippen MR) is 78.3 cm³/mol. The Morgan fingerprint density at radius 2 is 1.79 bits per heavy atom. The van der Waals surface area contributed by atoms with Gasteiger partial charge in [0.1, 0.15) is 18.0 Å². The van der Waals surface area contributed by atoms with Gasteiger partial charge in [-0.25, -0.2) is 15.8 Å². The number of hydrazine groups is 1. The highest BCUT2D eigenvalue weighted by molar-refractivity contribution is 5.64. The van der Waals surface area contributed by atoms with Gasteiger partial charge < -0.3 is 10.7 Å². The predicted octanol–water partition coefficient (Wildman–Crippen LogP) is 2.77. The van der Waals surface area contributed by atoms with Crippen LogP contribution in [0.15, 0.2) is 30.6 Å². The molecular weight excluding hydrogens is 238 g/mol. The Morgan fingerprint density at radius 3 is 2.42 bits per heavy atom. The smallest absolute Gasteiger partial charge is 0.148 e. The van der Waals surface area contributed by atoms with Crippen LogP contribution >= 0.6 is 0 Å². The first-order valence-corrected chi connectivity index (χ1v) is 6.38. The van der Waals surface area contributed by atoms with Gasteiger partial charge in [-0.3, -0.25) is 0 Å². The summed E-state index contributed by atoms with van der Waals surface area (Å²) in [6.07, 6.45) is 3.74. The molecule has 19 heavy (non-hydrogen) atoms. The van der Waals surface area contributed by atoms with Crippen LogP contribution in [-0.4, -0.2) is 9.97 Å². The number of aromatic nitrogens is 2. The number of nitrogen functional groups attached to an aromatic ring is 1. The van der Waals surface area contributed by atoms with Crippen molar-refractivity contribution in [2.75, 3.05) is 10.7 Å². The first-order chi connectivity index (χ1) is 9.24. The molecule has 0 aliphatic rings. The molecule has 4 N–H and O–H groups in total. The molecule has 1 aromatic carbocycles. The Morgan fingerprint density at radius 1 is 1.11 bits per heavy atom. The van der Waals surface area contributed by atoms with Crippen LogP contribution in [0.25, 0.3) is 0 Å². The van der Waals surface area contributed by atoms with E-state index in [1.165, 1.54) is 11.9 Å². The summed E-state index contributed by atoms with van der Waals surface area (Å²) >= 11 is 0. The fourth-order valence-electron chi connectivity index (χ4n) is 1.90. The zero-order valence-corrected chi connectivity index (χ0v) is 11.3. The van der Waals surface area contributed by atoms with E-state index < -0.39 is 0 Å². The molecule has 5 heteroatoms. The van der Waals surface area contributed by atoms with Crippen LogP contribution < -0.4 is 16.6 Å². The van der Waals surface area contributed by atoms with Crippen LogP contribution in [0.1, 0.15) is 24.5 Å². The normalized spacial score (nSPS) is 10.3. The maximum Gasteiger partial charge on any atom is 0.148 e. The topological polar surface area (TPSA) is 75.9 Å². The molecule has 0 bridgehead atoms. The Bertz CT molecular complexity index is 536. The Kier molecular flexibility index (Phi) is 4.30. The summed E-state index contributed by atoms with van der Waals surface area (Å²) in [4.78, 5) is 8.27. The fraction of sp³-hybridized carbons (Fsp3) is 0.286. The zero-order chi connectivity index (χ0) is 13.7. The van der Waals surface area contributed by atoms with E-state index in [0.717, 1.165) is 29.9 Å². The first kappa shape index (κ1) is 13.3. The molecule has 0 atom stereocenters. The largest absolute Gasteiger partial charge is 0.340 e. The van der Waals surface area contributed by atoms with Crippen molar-refractivity contribution in [2.45, 2.75) is 26.7 Å². The minimum atomic E-state index is 0.625. The molecule has 5 nitrogen and oxygen atoms in total. The highest BCUT2D eigenvalue weighted by Crippen LogP contribution is 2.22. The monoisotopic (exact) mass is 257 g/mol. The summed E-state index contributed by atoms with van der Waals surface area (Å²) in [6.45, 7) is 4.10. The second kappa shape index (κ2) is 6.15. The molecule has 0 saturated heterocycles. The van der Waals surface area contributed by atoms with Gasteiger partial charge in [0.2, 0.25) is 0 Å². The van der Waals surface area contributed by atoms with Gasteiger partial charge in [0.05, 0.1) is 0 Å². The average Bonchev–Trinajstić information content (AvgIpc) is 2.43. The Labute approximate surface area is 113 Å². The lowest BCUT2D eigenvalue weighted by molar-refractivity contribution is 0.922. The molecule has 1 aromatic heterocycles. The minimum absolute atomic E-state index is 0.625. The van der Waals surface area contributed by atoms with E-state index >= 15 is 0 Å². The van der Waals surface area contributed by atoms with Crippen molar-refractivity contribution in [1.29, 1.82) is 0 Å². The highest BCUT2D eigenvalue weighted by atomic mass is 15.3. The summed E-state index contributed by atoms with van der Waals surface area (Å²) in [5, 5.41) is 3.27. The van der Waals surface area contributed by atoms with Gasteiger partial charge in [-0.1, -0.05) is 25.5 Å². The van der Waals surface area contributed by atoms with E-state index in [1.807, 2.05) is 6.92 Å². The number of nitrogens with zero attached hydrogens (tertiary/aromatic N) is 2. The number of rotatable bonds is 5. The van der Waals surface area contributed by atoms with Gasteiger partial charge in [-0.05, 0) is 31.0 Å². The average molecular weight is 257 g/mol. The summed E-state index contributed by atoms with van der Waals surface area (Å²) in [6, 6.07) is 8.37. The lowest BCUT2D eigenvalue weighted by Crippen LogP contribution is -2.11. The van der Waals surface area contributed by atoms with E-state index in [0.29, 0.717) is 5.82 Å². The molecule has 0 amide bonds. The van der Waals surface area contributed by atoms with Crippen LogP contribution in [-0.2, 0) is 6.42 Å². The molecular formula is C14H19N5. The molecule has 0 aliphatic heterocycles. The van der Waals surface area contributed by atoms with Gasteiger partial charge in [-0.2, -0.15) is 0 Å². The van der Waals surface area contributed by atoms with Crippen molar-refractivity contribution in [3.63, 3.8) is 0 Å². The van der Waals surface area contributed by atoms with Crippen molar-refractivity contribution in [1.82, 2.24) is 9.97 Å². The molecule has 0 radical (unpaired) electrons. The first-order valence-electron chi connectivity index (χ1n) is 6.38. The Hall–Kier alpha value is -2.14. The second-order valence-electron chi connectivity index (χ2n) is 4.41. The quantitative estimate of drug-likeness (QED) is 0.567. The van der Waals surface area contributed by atoms with Crippen molar-refractivity contribution >= 4 is 17.3 Å². The third kappa shape index (κ3) is 3.20. The molecule has 0 aliphatic carbocycles. The van der Waals surface area contributed by atoms with Gasteiger partial charge in [-0.15, -0.1) is 0 Å². The fourth-order valence-corrected chi connectivity index (χ4v) is 1.90.